The first kappa shape index (κ1) is 22.9. The second kappa shape index (κ2) is 29.9. The molecule has 0 aromatic heterocycles. The molecule has 0 aliphatic carbocycles. The SMILES string of the molecule is CCCCCP.FN=P.[V].[V]. The molecule has 1 nitrogen and oxygen atoms in total. The maximum Gasteiger partial charge on any atom is 0.0293 e. The summed E-state index contributed by atoms with van der Waals surface area (Å²) in [5, 5.41) is 0. The molecule has 66 valence electrons. The first-order valence-corrected chi connectivity index (χ1v) is 4.27. The maximum atomic E-state index is 9.83. The summed E-state index contributed by atoms with van der Waals surface area (Å²) in [6, 6.07) is 0. The van der Waals surface area contributed by atoms with Crippen molar-refractivity contribution >= 4 is 18.3 Å². The van der Waals surface area contributed by atoms with E-state index in [-0.39, 0.29) is 37.1 Å². The van der Waals surface area contributed by atoms with Gasteiger partial charge in [-0.3, -0.25) is 0 Å². The number of unbranched alkanes of at least 4 members (excludes halogenated alkanes) is 2. The van der Waals surface area contributed by atoms with E-state index in [0.29, 0.717) is 0 Å². The Bertz CT molecular complexity index is 55.7. The van der Waals surface area contributed by atoms with Gasteiger partial charge in [0.2, 0.25) is 0 Å². The summed E-state index contributed by atoms with van der Waals surface area (Å²) >= 11 is 0. The van der Waals surface area contributed by atoms with Crippen molar-refractivity contribution in [3.63, 3.8) is 0 Å². The molecule has 0 heterocycles. The fraction of sp³-hybridized carbons (Fsp3) is 1.00. The van der Waals surface area contributed by atoms with Crippen LogP contribution in [0.15, 0.2) is 4.97 Å². The smallest absolute Gasteiger partial charge is 0.0293 e. The number of hydrogen-bond acceptors (Lipinski definition) is 1. The van der Waals surface area contributed by atoms with Gasteiger partial charge >= 0.3 is 0 Å². The van der Waals surface area contributed by atoms with Crippen molar-refractivity contribution in [2.75, 3.05) is 6.16 Å². The molecule has 0 aliphatic heterocycles. The van der Waals surface area contributed by atoms with Gasteiger partial charge in [0, 0.05) is 46.1 Å². The van der Waals surface area contributed by atoms with Crippen LogP contribution >= 0.6 is 18.3 Å². The van der Waals surface area contributed by atoms with Gasteiger partial charge < -0.3 is 0 Å². The molecule has 0 aromatic rings. The zero-order valence-corrected chi connectivity index (χ0v) is 11.6. The summed E-state index contributed by atoms with van der Waals surface area (Å²) < 4.78 is 9.83. The van der Waals surface area contributed by atoms with Crippen LogP contribution in [0.5, 0.6) is 0 Å². The Morgan fingerprint density at radius 3 is 1.82 bits per heavy atom. The first-order valence-electron chi connectivity index (χ1n) is 3.01. The van der Waals surface area contributed by atoms with Crippen LogP contribution in [0.3, 0.4) is 0 Å². The molecule has 0 aromatic carbocycles. The van der Waals surface area contributed by atoms with Crippen LogP contribution in [0.25, 0.3) is 0 Å². The van der Waals surface area contributed by atoms with E-state index in [9.17, 15) is 4.48 Å². The van der Waals surface area contributed by atoms with Crippen molar-refractivity contribution < 1.29 is 41.6 Å². The molecule has 0 bridgehead atoms. The molecule has 2 radical (unpaired) electrons. The average molecular weight is 271 g/mol. The summed E-state index contributed by atoms with van der Waals surface area (Å²) in [7, 11) is 4.87. The topological polar surface area (TPSA) is 12.4 Å². The maximum absolute atomic E-state index is 9.83. The summed E-state index contributed by atoms with van der Waals surface area (Å²) in [6.45, 7) is 2.22. The molecule has 0 N–H and O–H groups in total. The molecule has 0 spiro atoms. The normalized spacial score (nSPS) is 6.09. The Balaban J connectivity index is -0.0000000437. The Labute approximate surface area is 96.9 Å². The third kappa shape index (κ3) is 50.3. The van der Waals surface area contributed by atoms with Crippen molar-refractivity contribution in [1.82, 2.24) is 0 Å². The van der Waals surface area contributed by atoms with Crippen LogP contribution in [0.4, 0.5) is 4.48 Å². The Hall–Kier alpha value is 1.63. The predicted molar refractivity (Wildman–Crippen MR) is 46.0 cm³/mol. The van der Waals surface area contributed by atoms with Crippen LogP contribution < -0.4 is 0 Å². The van der Waals surface area contributed by atoms with Gasteiger partial charge in [-0.15, -0.1) is 9.24 Å². The minimum absolute atomic E-state index is 0. The van der Waals surface area contributed by atoms with E-state index >= 15 is 0 Å². The Morgan fingerprint density at radius 1 is 1.36 bits per heavy atom. The van der Waals surface area contributed by atoms with Crippen molar-refractivity contribution in [3.05, 3.63) is 0 Å². The summed E-state index contributed by atoms with van der Waals surface area (Å²) in [5.41, 5.74) is 0. The third-order valence-corrected chi connectivity index (χ3v) is 1.22. The van der Waals surface area contributed by atoms with Gasteiger partial charge in [0.25, 0.3) is 0 Å². The van der Waals surface area contributed by atoms with E-state index in [4.69, 9.17) is 0 Å². The number of hydrogen-bond donors (Lipinski definition) is 0. The van der Waals surface area contributed by atoms with Crippen molar-refractivity contribution in [2.24, 2.45) is 4.97 Å². The van der Waals surface area contributed by atoms with Crippen molar-refractivity contribution in [3.8, 4) is 0 Å². The number of nitrogens with zero attached hydrogens (tertiary/aromatic N) is 1. The molecule has 0 fully saturated rings. The molecule has 1 atom stereocenters. The van der Waals surface area contributed by atoms with E-state index in [1.54, 1.807) is 4.97 Å². The van der Waals surface area contributed by atoms with E-state index in [1.165, 1.54) is 25.4 Å². The largest absolute Gasteiger partial charge is 0.138 e. The molecule has 6 heteroatoms. The Morgan fingerprint density at radius 2 is 1.73 bits per heavy atom. The van der Waals surface area contributed by atoms with Crippen molar-refractivity contribution in [2.45, 2.75) is 26.2 Å². The van der Waals surface area contributed by atoms with E-state index in [2.05, 4.69) is 25.2 Å². The zero-order chi connectivity index (χ0) is 7.54. The molecule has 11 heavy (non-hydrogen) atoms. The minimum Gasteiger partial charge on any atom is -0.138 e. The van der Waals surface area contributed by atoms with Gasteiger partial charge in [-0.1, -0.05) is 29.2 Å². The first-order chi connectivity index (χ1) is 4.33. The second-order valence-electron chi connectivity index (χ2n) is 1.58. The van der Waals surface area contributed by atoms with Crippen LogP contribution in [0.1, 0.15) is 26.2 Å². The molecular formula is C5H14FNP2V2. The quantitative estimate of drug-likeness (QED) is 0.552. The fourth-order valence-corrected chi connectivity index (χ4v) is 0.683. The van der Waals surface area contributed by atoms with Gasteiger partial charge in [0.15, 0.2) is 0 Å². The van der Waals surface area contributed by atoms with Crippen LogP contribution in [-0.4, -0.2) is 6.16 Å². The van der Waals surface area contributed by atoms with Crippen LogP contribution in [-0.2, 0) is 37.1 Å². The Kier molecular flexibility index (Phi) is 62.3. The van der Waals surface area contributed by atoms with Gasteiger partial charge in [0.05, 0.1) is 0 Å². The molecular weight excluding hydrogens is 257 g/mol. The number of halogens is 1. The van der Waals surface area contributed by atoms with Gasteiger partial charge in [0.1, 0.15) is 0 Å². The molecule has 0 aliphatic rings. The van der Waals surface area contributed by atoms with Crippen molar-refractivity contribution in [1.29, 1.82) is 0 Å². The molecule has 0 rings (SSSR count). The minimum atomic E-state index is 0. The number of rotatable bonds is 3. The monoisotopic (exact) mass is 271 g/mol. The van der Waals surface area contributed by atoms with E-state index in [0.717, 1.165) is 0 Å². The standard InChI is InChI=1S/C5H13P.FHNP.2V/c1-2-3-4-5-6;1-2-3;;/h2-6H2,1H3;3H;;. The predicted octanol–water partition coefficient (Wildman–Crippen LogP) is 3.24. The van der Waals surface area contributed by atoms with Gasteiger partial charge in [-0.2, -0.15) is 0 Å². The van der Waals surface area contributed by atoms with Crippen LogP contribution in [0, 0.1) is 0 Å². The summed E-state index contributed by atoms with van der Waals surface area (Å²) in [6.07, 6.45) is 5.38. The second-order valence-corrected chi connectivity index (χ2v) is 2.33. The molecule has 0 saturated carbocycles. The molecule has 0 saturated heterocycles. The third-order valence-electron chi connectivity index (χ3n) is 0.808. The fourth-order valence-electron chi connectivity index (χ4n) is 0.394. The van der Waals surface area contributed by atoms with Gasteiger partial charge in [-0.25, -0.2) is 0 Å². The van der Waals surface area contributed by atoms with E-state index in [1.807, 2.05) is 0 Å². The average Bonchev–Trinajstić information content (AvgIpc) is 1.86. The van der Waals surface area contributed by atoms with Crippen LogP contribution in [0.2, 0.25) is 0 Å². The summed E-state index contributed by atoms with van der Waals surface area (Å²) in [5.74, 6) is 0. The zero-order valence-electron chi connectivity index (χ0n) is 6.63. The summed E-state index contributed by atoms with van der Waals surface area (Å²) in [4.78, 5) is 1.81. The molecule has 1 unspecified atom stereocenters. The van der Waals surface area contributed by atoms with Gasteiger partial charge in [-0.05, 0) is 12.6 Å². The molecule has 0 amide bonds. The van der Waals surface area contributed by atoms with E-state index < -0.39 is 0 Å².